The van der Waals surface area contributed by atoms with E-state index in [0.717, 1.165) is 19.7 Å². The minimum atomic E-state index is 0.227. The van der Waals surface area contributed by atoms with Crippen LogP contribution in [0.5, 0.6) is 0 Å². The first-order valence-corrected chi connectivity index (χ1v) is 6.51. The van der Waals surface area contributed by atoms with Crippen molar-refractivity contribution in [3.8, 4) is 0 Å². The van der Waals surface area contributed by atoms with Crippen molar-refractivity contribution in [2.45, 2.75) is 51.6 Å². The third-order valence-electron chi connectivity index (χ3n) is 3.20. The second-order valence-corrected chi connectivity index (χ2v) is 5.81. The predicted molar refractivity (Wildman–Crippen MR) is 68.8 cm³/mol. The van der Waals surface area contributed by atoms with E-state index in [1.807, 2.05) is 0 Å². The van der Waals surface area contributed by atoms with E-state index < -0.39 is 0 Å². The van der Waals surface area contributed by atoms with Gasteiger partial charge in [0.15, 0.2) is 0 Å². The van der Waals surface area contributed by atoms with Gasteiger partial charge in [0, 0.05) is 31.8 Å². The number of hydrogen-bond donors (Lipinski definition) is 1. The summed E-state index contributed by atoms with van der Waals surface area (Å²) in [6, 6.07) is 0.697. The molecule has 3 nitrogen and oxygen atoms in total. The predicted octanol–water partition coefficient (Wildman–Crippen LogP) is 1.88. The second kappa shape index (κ2) is 6.58. The zero-order chi connectivity index (χ0) is 12.0. The fraction of sp³-hybridized carbons (Fsp3) is 1.00. The van der Waals surface area contributed by atoms with Crippen LogP contribution in [0.4, 0.5) is 0 Å². The highest BCUT2D eigenvalue weighted by atomic mass is 16.5. The summed E-state index contributed by atoms with van der Waals surface area (Å²) in [6.07, 6.45) is 4.04. The number of methoxy groups -OCH3 is 1. The molecular formula is C13H28N2O. The molecule has 0 aliphatic carbocycles. The van der Waals surface area contributed by atoms with Crippen molar-refractivity contribution in [1.29, 1.82) is 0 Å². The van der Waals surface area contributed by atoms with Crippen molar-refractivity contribution in [3.05, 3.63) is 0 Å². The maximum atomic E-state index is 5.18. The summed E-state index contributed by atoms with van der Waals surface area (Å²) in [5.41, 5.74) is 0.227. The third kappa shape index (κ3) is 5.28. The maximum absolute atomic E-state index is 5.18. The average Bonchev–Trinajstić information content (AvgIpc) is 2.23. The van der Waals surface area contributed by atoms with Crippen LogP contribution < -0.4 is 5.32 Å². The largest absolute Gasteiger partial charge is 0.383 e. The van der Waals surface area contributed by atoms with Crippen LogP contribution in [0.15, 0.2) is 0 Å². The highest BCUT2D eigenvalue weighted by Crippen LogP contribution is 2.16. The van der Waals surface area contributed by atoms with Crippen molar-refractivity contribution in [3.63, 3.8) is 0 Å². The summed E-state index contributed by atoms with van der Waals surface area (Å²) in [6.45, 7) is 11.0. The number of likely N-dealkylation sites (tertiary alicyclic amines) is 1. The van der Waals surface area contributed by atoms with E-state index in [1.165, 1.54) is 25.8 Å². The van der Waals surface area contributed by atoms with E-state index in [4.69, 9.17) is 4.74 Å². The Bertz CT molecular complexity index is 189. The molecule has 1 heterocycles. The molecule has 96 valence electrons. The van der Waals surface area contributed by atoms with Gasteiger partial charge in [-0.15, -0.1) is 0 Å². The molecule has 0 aromatic heterocycles. The first kappa shape index (κ1) is 13.9. The van der Waals surface area contributed by atoms with Crippen molar-refractivity contribution in [2.75, 3.05) is 33.4 Å². The SMILES string of the molecule is COCCN1CCCCC1CNC(C)(C)C. The summed E-state index contributed by atoms with van der Waals surface area (Å²) in [4.78, 5) is 2.58. The van der Waals surface area contributed by atoms with Crippen LogP contribution in [0.3, 0.4) is 0 Å². The van der Waals surface area contributed by atoms with Gasteiger partial charge in [0.1, 0.15) is 0 Å². The van der Waals surface area contributed by atoms with Crippen LogP contribution in [-0.4, -0.2) is 49.8 Å². The molecule has 0 bridgehead atoms. The molecule has 1 saturated heterocycles. The summed E-state index contributed by atoms with van der Waals surface area (Å²) < 4.78 is 5.18. The van der Waals surface area contributed by atoms with E-state index in [9.17, 15) is 0 Å². The monoisotopic (exact) mass is 228 g/mol. The first-order valence-electron chi connectivity index (χ1n) is 6.51. The van der Waals surface area contributed by atoms with Gasteiger partial charge in [0.25, 0.3) is 0 Å². The first-order chi connectivity index (χ1) is 7.53. The van der Waals surface area contributed by atoms with Crippen LogP contribution >= 0.6 is 0 Å². The van der Waals surface area contributed by atoms with Crippen molar-refractivity contribution in [1.82, 2.24) is 10.2 Å². The Kier molecular flexibility index (Phi) is 5.73. The zero-order valence-corrected chi connectivity index (χ0v) is 11.4. The molecule has 1 N–H and O–H groups in total. The van der Waals surface area contributed by atoms with Gasteiger partial charge in [-0.1, -0.05) is 6.42 Å². The van der Waals surface area contributed by atoms with Crippen molar-refractivity contribution in [2.24, 2.45) is 0 Å². The van der Waals surface area contributed by atoms with Crippen LogP contribution in [0.25, 0.3) is 0 Å². The molecule has 3 heteroatoms. The number of piperidine rings is 1. The fourth-order valence-corrected chi connectivity index (χ4v) is 2.22. The smallest absolute Gasteiger partial charge is 0.0589 e. The van der Waals surface area contributed by atoms with E-state index in [1.54, 1.807) is 7.11 Å². The topological polar surface area (TPSA) is 24.5 Å². The van der Waals surface area contributed by atoms with E-state index in [2.05, 4.69) is 31.0 Å². The Labute approximate surface area is 101 Å². The quantitative estimate of drug-likeness (QED) is 0.777. The molecule has 0 amide bonds. The van der Waals surface area contributed by atoms with Crippen molar-refractivity contribution < 1.29 is 4.74 Å². The number of nitrogens with one attached hydrogen (secondary N) is 1. The Morgan fingerprint density at radius 1 is 1.31 bits per heavy atom. The highest BCUT2D eigenvalue weighted by Gasteiger charge is 2.23. The third-order valence-corrected chi connectivity index (χ3v) is 3.20. The normalized spacial score (nSPS) is 23.6. The molecule has 1 atom stereocenters. The van der Waals surface area contributed by atoms with E-state index >= 15 is 0 Å². The molecule has 1 rings (SSSR count). The molecule has 0 radical (unpaired) electrons. The van der Waals surface area contributed by atoms with E-state index in [0.29, 0.717) is 6.04 Å². The number of ether oxygens (including phenoxy) is 1. The Morgan fingerprint density at radius 2 is 2.06 bits per heavy atom. The van der Waals surface area contributed by atoms with Crippen LogP contribution in [0.1, 0.15) is 40.0 Å². The standard InChI is InChI=1S/C13H28N2O/c1-13(2,3)14-11-12-7-5-6-8-15(12)9-10-16-4/h12,14H,5-11H2,1-4H3. The van der Waals surface area contributed by atoms with Gasteiger partial charge in [-0.05, 0) is 40.2 Å². The molecule has 0 aromatic rings. The second-order valence-electron chi connectivity index (χ2n) is 5.81. The van der Waals surface area contributed by atoms with Crippen LogP contribution in [0, 0.1) is 0 Å². The molecule has 16 heavy (non-hydrogen) atoms. The Morgan fingerprint density at radius 3 is 2.69 bits per heavy atom. The maximum Gasteiger partial charge on any atom is 0.0589 e. The number of hydrogen-bond acceptors (Lipinski definition) is 3. The lowest BCUT2D eigenvalue weighted by atomic mass is 10.0. The minimum absolute atomic E-state index is 0.227. The molecule has 0 aromatic carbocycles. The Balaban J connectivity index is 2.34. The lowest BCUT2D eigenvalue weighted by molar-refractivity contribution is 0.0923. The number of nitrogens with zero attached hydrogens (tertiary/aromatic N) is 1. The summed E-state index contributed by atoms with van der Waals surface area (Å²) in [5.74, 6) is 0. The van der Waals surface area contributed by atoms with Crippen LogP contribution in [0.2, 0.25) is 0 Å². The molecule has 0 saturated carbocycles. The molecular weight excluding hydrogens is 200 g/mol. The molecule has 1 aliphatic rings. The molecule has 0 spiro atoms. The van der Waals surface area contributed by atoms with Crippen LogP contribution in [-0.2, 0) is 4.74 Å². The minimum Gasteiger partial charge on any atom is -0.383 e. The number of rotatable bonds is 5. The van der Waals surface area contributed by atoms with E-state index in [-0.39, 0.29) is 5.54 Å². The Hall–Kier alpha value is -0.120. The van der Waals surface area contributed by atoms with Gasteiger partial charge in [0.2, 0.25) is 0 Å². The zero-order valence-electron chi connectivity index (χ0n) is 11.4. The van der Waals surface area contributed by atoms with Gasteiger partial charge in [0.05, 0.1) is 6.61 Å². The fourth-order valence-electron chi connectivity index (χ4n) is 2.22. The van der Waals surface area contributed by atoms with Gasteiger partial charge >= 0.3 is 0 Å². The van der Waals surface area contributed by atoms with Gasteiger partial charge in [-0.25, -0.2) is 0 Å². The summed E-state index contributed by atoms with van der Waals surface area (Å²) in [5, 5.41) is 3.62. The average molecular weight is 228 g/mol. The summed E-state index contributed by atoms with van der Waals surface area (Å²) >= 11 is 0. The highest BCUT2D eigenvalue weighted by molar-refractivity contribution is 4.82. The van der Waals surface area contributed by atoms with Crippen molar-refractivity contribution >= 4 is 0 Å². The van der Waals surface area contributed by atoms with Gasteiger partial charge in [-0.3, -0.25) is 4.90 Å². The molecule has 1 aliphatic heterocycles. The lowest BCUT2D eigenvalue weighted by Crippen LogP contribution is -2.50. The van der Waals surface area contributed by atoms with Gasteiger partial charge < -0.3 is 10.1 Å². The van der Waals surface area contributed by atoms with Gasteiger partial charge in [-0.2, -0.15) is 0 Å². The molecule has 1 fully saturated rings. The lowest BCUT2D eigenvalue weighted by Gasteiger charge is -2.37. The molecule has 1 unspecified atom stereocenters. The summed E-state index contributed by atoms with van der Waals surface area (Å²) in [7, 11) is 1.78.